The lowest BCUT2D eigenvalue weighted by Gasteiger charge is -2.24. The van der Waals surface area contributed by atoms with Crippen LogP contribution in [-0.2, 0) is 14.3 Å². The van der Waals surface area contributed by atoms with Crippen molar-refractivity contribution in [2.24, 2.45) is 5.92 Å². The van der Waals surface area contributed by atoms with E-state index in [2.05, 4.69) is 5.32 Å². The second-order valence-corrected chi connectivity index (χ2v) is 4.43. The highest BCUT2D eigenvalue weighted by Gasteiger charge is 2.23. The molecule has 0 saturated carbocycles. The SMILES string of the molecule is COCC(CCCl)NC(=O)C1CCCOC1. The van der Waals surface area contributed by atoms with Gasteiger partial charge < -0.3 is 14.8 Å². The molecule has 1 aliphatic heterocycles. The van der Waals surface area contributed by atoms with Gasteiger partial charge >= 0.3 is 0 Å². The van der Waals surface area contributed by atoms with E-state index in [-0.39, 0.29) is 17.9 Å². The molecule has 1 N–H and O–H groups in total. The van der Waals surface area contributed by atoms with Gasteiger partial charge in [-0.2, -0.15) is 0 Å². The average molecular weight is 250 g/mol. The molecule has 1 fully saturated rings. The Labute approximate surface area is 102 Å². The Morgan fingerprint density at radius 2 is 2.50 bits per heavy atom. The first-order chi connectivity index (χ1) is 7.77. The van der Waals surface area contributed by atoms with Gasteiger partial charge in [0.05, 0.1) is 25.2 Å². The number of hydrogen-bond acceptors (Lipinski definition) is 3. The Morgan fingerprint density at radius 1 is 1.69 bits per heavy atom. The van der Waals surface area contributed by atoms with Crippen LogP contribution in [0, 0.1) is 5.92 Å². The molecule has 0 radical (unpaired) electrons. The Balaban J connectivity index is 2.33. The average Bonchev–Trinajstić information content (AvgIpc) is 2.31. The van der Waals surface area contributed by atoms with E-state index in [4.69, 9.17) is 21.1 Å². The number of amides is 1. The Morgan fingerprint density at radius 3 is 3.06 bits per heavy atom. The van der Waals surface area contributed by atoms with Gasteiger partial charge in [-0.1, -0.05) is 0 Å². The van der Waals surface area contributed by atoms with Crippen LogP contribution in [0.4, 0.5) is 0 Å². The predicted octanol–water partition coefficient (Wildman–Crippen LogP) is 1.17. The number of ether oxygens (including phenoxy) is 2. The molecule has 2 atom stereocenters. The highest BCUT2D eigenvalue weighted by molar-refractivity contribution is 6.17. The van der Waals surface area contributed by atoms with Gasteiger partial charge in [-0.25, -0.2) is 0 Å². The summed E-state index contributed by atoms with van der Waals surface area (Å²) in [5.74, 6) is 0.574. The van der Waals surface area contributed by atoms with Crippen molar-refractivity contribution in [2.45, 2.75) is 25.3 Å². The first kappa shape index (κ1) is 13.7. The van der Waals surface area contributed by atoms with E-state index in [1.54, 1.807) is 7.11 Å². The molecule has 2 unspecified atom stereocenters. The van der Waals surface area contributed by atoms with Crippen molar-refractivity contribution in [3.8, 4) is 0 Å². The number of carbonyl (C=O) groups excluding carboxylic acids is 1. The molecule has 0 aromatic heterocycles. The summed E-state index contributed by atoms with van der Waals surface area (Å²) >= 11 is 5.67. The third-order valence-corrected chi connectivity index (χ3v) is 2.92. The standard InChI is InChI=1S/C11H20ClNO3/c1-15-8-10(4-5-12)13-11(14)9-3-2-6-16-7-9/h9-10H,2-8H2,1H3,(H,13,14). The minimum Gasteiger partial charge on any atom is -0.383 e. The largest absolute Gasteiger partial charge is 0.383 e. The Bertz CT molecular complexity index is 201. The zero-order valence-electron chi connectivity index (χ0n) is 9.71. The van der Waals surface area contributed by atoms with Gasteiger partial charge in [0.15, 0.2) is 0 Å². The maximum Gasteiger partial charge on any atom is 0.225 e. The first-order valence-corrected chi connectivity index (χ1v) is 6.24. The molecular weight excluding hydrogens is 230 g/mol. The molecular formula is C11H20ClNO3. The maximum atomic E-state index is 11.9. The number of hydrogen-bond donors (Lipinski definition) is 1. The number of nitrogens with one attached hydrogen (secondary N) is 1. The second-order valence-electron chi connectivity index (χ2n) is 4.05. The third-order valence-electron chi connectivity index (χ3n) is 2.70. The molecule has 5 heteroatoms. The van der Waals surface area contributed by atoms with Gasteiger partial charge in [0, 0.05) is 19.6 Å². The van der Waals surface area contributed by atoms with Crippen LogP contribution in [0.1, 0.15) is 19.3 Å². The fourth-order valence-corrected chi connectivity index (χ4v) is 2.06. The van der Waals surface area contributed by atoms with E-state index in [9.17, 15) is 4.79 Å². The van der Waals surface area contributed by atoms with E-state index in [0.29, 0.717) is 19.1 Å². The van der Waals surface area contributed by atoms with E-state index in [1.165, 1.54) is 0 Å². The topological polar surface area (TPSA) is 47.6 Å². The number of methoxy groups -OCH3 is 1. The van der Waals surface area contributed by atoms with Crippen molar-refractivity contribution < 1.29 is 14.3 Å². The van der Waals surface area contributed by atoms with Crippen molar-refractivity contribution in [1.82, 2.24) is 5.32 Å². The summed E-state index contributed by atoms with van der Waals surface area (Å²) < 4.78 is 10.3. The van der Waals surface area contributed by atoms with Crippen molar-refractivity contribution >= 4 is 17.5 Å². The summed E-state index contributed by atoms with van der Waals surface area (Å²) in [4.78, 5) is 11.9. The molecule has 0 bridgehead atoms. The number of rotatable bonds is 6. The molecule has 16 heavy (non-hydrogen) atoms. The van der Waals surface area contributed by atoms with E-state index >= 15 is 0 Å². The molecule has 4 nitrogen and oxygen atoms in total. The highest BCUT2D eigenvalue weighted by atomic mass is 35.5. The van der Waals surface area contributed by atoms with Gasteiger partial charge in [-0.3, -0.25) is 4.79 Å². The summed E-state index contributed by atoms with van der Waals surface area (Å²) in [6.07, 6.45) is 2.60. The Kier molecular flexibility index (Phi) is 6.76. The zero-order chi connectivity index (χ0) is 11.8. The van der Waals surface area contributed by atoms with E-state index in [0.717, 1.165) is 25.9 Å². The second kappa shape index (κ2) is 7.87. The summed E-state index contributed by atoms with van der Waals surface area (Å²) in [5, 5.41) is 2.96. The van der Waals surface area contributed by atoms with Crippen LogP contribution in [0.3, 0.4) is 0 Å². The smallest absolute Gasteiger partial charge is 0.225 e. The fourth-order valence-electron chi connectivity index (χ4n) is 1.80. The fraction of sp³-hybridized carbons (Fsp3) is 0.909. The number of alkyl halides is 1. The van der Waals surface area contributed by atoms with Gasteiger partial charge in [0.1, 0.15) is 0 Å². The van der Waals surface area contributed by atoms with Gasteiger partial charge in [0.25, 0.3) is 0 Å². The van der Waals surface area contributed by atoms with Crippen LogP contribution in [0.25, 0.3) is 0 Å². The minimum absolute atomic E-state index is 0.0107. The van der Waals surface area contributed by atoms with Crippen molar-refractivity contribution in [2.75, 3.05) is 32.8 Å². The zero-order valence-corrected chi connectivity index (χ0v) is 10.5. The first-order valence-electron chi connectivity index (χ1n) is 5.71. The van der Waals surface area contributed by atoms with Crippen LogP contribution in [0.5, 0.6) is 0 Å². The lowest BCUT2D eigenvalue weighted by molar-refractivity contribution is -0.130. The minimum atomic E-state index is -0.0107. The lowest BCUT2D eigenvalue weighted by Crippen LogP contribution is -2.43. The van der Waals surface area contributed by atoms with Crippen LogP contribution >= 0.6 is 11.6 Å². The third kappa shape index (κ3) is 4.68. The lowest BCUT2D eigenvalue weighted by atomic mass is 10.0. The van der Waals surface area contributed by atoms with Crippen LogP contribution in [0.15, 0.2) is 0 Å². The monoisotopic (exact) mass is 249 g/mol. The van der Waals surface area contributed by atoms with E-state index < -0.39 is 0 Å². The highest BCUT2D eigenvalue weighted by Crippen LogP contribution is 2.14. The van der Waals surface area contributed by atoms with Crippen LogP contribution < -0.4 is 5.32 Å². The maximum absolute atomic E-state index is 11.9. The van der Waals surface area contributed by atoms with Gasteiger partial charge in [-0.05, 0) is 19.3 Å². The normalized spacial score (nSPS) is 22.8. The molecule has 0 aliphatic carbocycles. The van der Waals surface area contributed by atoms with Crippen molar-refractivity contribution in [3.63, 3.8) is 0 Å². The predicted molar refractivity (Wildman–Crippen MR) is 62.7 cm³/mol. The summed E-state index contributed by atoms with van der Waals surface area (Å²) in [5.41, 5.74) is 0. The Hall–Kier alpha value is -0.320. The molecule has 0 aromatic carbocycles. The molecule has 0 spiro atoms. The summed E-state index contributed by atoms with van der Waals surface area (Å²) in [7, 11) is 1.62. The quantitative estimate of drug-likeness (QED) is 0.719. The van der Waals surface area contributed by atoms with Crippen molar-refractivity contribution in [1.29, 1.82) is 0 Å². The van der Waals surface area contributed by atoms with Gasteiger partial charge in [0.2, 0.25) is 5.91 Å². The molecule has 1 heterocycles. The van der Waals surface area contributed by atoms with Crippen LogP contribution in [0.2, 0.25) is 0 Å². The molecule has 0 aromatic rings. The van der Waals surface area contributed by atoms with Gasteiger partial charge in [-0.15, -0.1) is 11.6 Å². The molecule has 94 valence electrons. The van der Waals surface area contributed by atoms with Crippen molar-refractivity contribution in [3.05, 3.63) is 0 Å². The number of carbonyl (C=O) groups is 1. The molecule has 1 saturated heterocycles. The van der Waals surface area contributed by atoms with Crippen LogP contribution in [-0.4, -0.2) is 44.8 Å². The molecule has 1 rings (SSSR count). The van der Waals surface area contributed by atoms with E-state index in [1.807, 2.05) is 0 Å². The number of halogens is 1. The summed E-state index contributed by atoms with van der Waals surface area (Å²) in [6.45, 7) is 1.81. The molecule has 1 aliphatic rings. The summed E-state index contributed by atoms with van der Waals surface area (Å²) in [6, 6.07) is 0.0110. The molecule has 1 amide bonds.